The molecule has 0 saturated heterocycles. The molecule has 1 heterocycles. The Hall–Kier alpha value is -2.99. The van der Waals surface area contributed by atoms with Gasteiger partial charge in [-0.2, -0.15) is 0 Å². The molecule has 1 aromatic rings. The Labute approximate surface area is 262 Å². The third-order valence-electron chi connectivity index (χ3n) is 5.97. The van der Waals surface area contributed by atoms with Crippen molar-refractivity contribution in [2.24, 2.45) is 0 Å². The summed E-state index contributed by atoms with van der Waals surface area (Å²) in [6, 6.07) is 0. The Morgan fingerprint density at radius 3 is 1.43 bits per heavy atom. The number of carboxylic acid groups (broad SMARTS) is 2. The van der Waals surface area contributed by atoms with Crippen LogP contribution in [0.15, 0.2) is 0 Å². The van der Waals surface area contributed by atoms with Crippen LogP contribution in [0.25, 0.3) is 0 Å². The second kappa shape index (κ2) is 17.5. The lowest BCUT2D eigenvalue weighted by atomic mass is 10.0. The van der Waals surface area contributed by atoms with E-state index in [2.05, 4.69) is 43.7 Å². The number of nitrogens with zero attached hydrogens (tertiary/aromatic N) is 4. The number of thiol groups is 1. The van der Waals surface area contributed by atoms with Gasteiger partial charge in [-0.15, -0.1) is 33.0 Å². The highest BCUT2D eigenvalue weighted by Gasteiger charge is 2.27. The van der Waals surface area contributed by atoms with Crippen LogP contribution < -0.4 is 10.6 Å². The summed E-state index contributed by atoms with van der Waals surface area (Å²) in [5.74, 6) is -2.39. The van der Waals surface area contributed by atoms with Crippen molar-refractivity contribution in [1.82, 2.24) is 31.0 Å². The molecular formula is C27H46N6O10S. The van der Waals surface area contributed by atoms with Crippen molar-refractivity contribution in [3.8, 4) is 0 Å². The van der Waals surface area contributed by atoms with Gasteiger partial charge in [0.1, 0.15) is 18.1 Å². The Bertz CT molecular complexity index is 1010. The van der Waals surface area contributed by atoms with Gasteiger partial charge in [-0.25, -0.2) is 9.59 Å². The number of nitrogens with one attached hydrogen (secondary N) is 2. The Morgan fingerprint density at radius 1 is 0.636 bits per heavy atom. The fourth-order valence-electron chi connectivity index (χ4n) is 3.48. The zero-order chi connectivity index (χ0) is 33.6. The number of rotatable bonds is 22. The smallest absolute Gasteiger partial charge is 0.329 e. The van der Waals surface area contributed by atoms with Crippen LogP contribution in [-0.2, 0) is 51.2 Å². The molecule has 250 valence electrons. The number of carbonyl (C=O) groups excluding carboxylic acids is 2. The van der Waals surface area contributed by atoms with Gasteiger partial charge < -0.3 is 39.8 Å². The van der Waals surface area contributed by atoms with E-state index in [1.54, 1.807) is 48.5 Å². The molecule has 4 N–H and O–H groups in total. The van der Waals surface area contributed by atoms with Gasteiger partial charge in [0.25, 0.3) is 0 Å². The molecule has 0 spiro atoms. The molecule has 1 rings (SSSR count). The van der Waals surface area contributed by atoms with Crippen LogP contribution in [0.3, 0.4) is 0 Å². The predicted molar refractivity (Wildman–Crippen MR) is 158 cm³/mol. The molecular weight excluding hydrogens is 600 g/mol. The summed E-state index contributed by atoms with van der Waals surface area (Å²) in [6.45, 7) is 11.8. The lowest BCUT2D eigenvalue weighted by Gasteiger charge is -2.29. The van der Waals surface area contributed by atoms with E-state index in [4.69, 9.17) is 29.2 Å². The molecule has 2 amide bonds. The zero-order valence-electron chi connectivity index (χ0n) is 26.5. The highest BCUT2D eigenvalue weighted by atomic mass is 32.1. The first-order chi connectivity index (χ1) is 20.2. The van der Waals surface area contributed by atoms with Crippen molar-refractivity contribution in [3.05, 3.63) is 11.6 Å². The van der Waals surface area contributed by atoms with Crippen LogP contribution in [0.1, 0.15) is 85.8 Å². The summed E-state index contributed by atoms with van der Waals surface area (Å²) in [6.07, 6.45) is 0.844. The van der Waals surface area contributed by atoms with E-state index in [1.165, 1.54) is 0 Å². The zero-order valence-corrected chi connectivity index (χ0v) is 27.4. The summed E-state index contributed by atoms with van der Waals surface area (Å²) in [4.78, 5) is 45.2. The number of aliphatic carboxylic acids is 2. The number of hydrogen-bond donors (Lipinski definition) is 5. The standard InChI is InChI=1S/C27H46N6O10S/c1-24(2,42-16-22(36)37)8-10-40-25(3,4)12-20(34)28-14-18-30-32-19(33-31-18)15-29-21(35)13-26(5,6)41-11-9-27(7,44)43-17-23(38)39/h44H,8-17H2,1-7H3,(H,28,34)(H,29,35)(H,36,37)(H,38,39). The fourth-order valence-corrected chi connectivity index (χ4v) is 3.63. The molecule has 44 heavy (non-hydrogen) atoms. The highest BCUT2D eigenvalue weighted by molar-refractivity contribution is 7.81. The molecule has 0 aromatic carbocycles. The molecule has 0 bridgehead atoms. The third kappa shape index (κ3) is 18.6. The normalized spacial score (nSPS) is 13.6. The minimum absolute atomic E-state index is 0.00415. The molecule has 1 unspecified atom stereocenters. The van der Waals surface area contributed by atoms with Crippen molar-refractivity contribution in [2.45, 2.75) is 109 Å². The van der Waals surface area contributed by atoms with Gasteiger partial charge in [0, 0.05) is 6.42 Å². The summed E-state index contributed by atoms with van der Waals surface area (Å²) >= 11 is 4.30. The number of aromatic nitrogens is 4. The second-order valence-electron chi connectivity index (χ2n) is 12.2. The lowest BCUT2D eigenvalue weighted by molar-refractivity contribution is -0.150. The second-order valence-corrected chi connectivity index (χ2v) is 13.1. The van der Waals surface area contributed by atoms with Crippen LogP contribution in [0.2, 0.25) is 0 Å². The van der Waals surface area contributed by atoms with E-state index >= 15 is 0 Å². The molecule has 0 aliphatic carbocycles. The van der Waals surface area contributed by atoms with Crippen LogP contribution in [0, 0.1) is 0 Å². The first-order valence-corrected chi connectivity index (χ1v) is 14.4. The topological polar surface area (TPSA) is 221 Å². The molecule has 1 aromatic heterocycles. The average molecular weight is 647 g/mol. The number of amides is 2. The van der Waals surface area contributed by atoms with Gasteiger partial charge in [0.05, 0.1) is 55.9 Å². The Morgan fingerprint density at radius 2 is 1.02 bits per heavy atom. The van der Waals surface area contributed by atoms with Gasteiger partial charge in [-0.1, -0.05) is 0 Å². The van der Waals surface area contributed by atoms with Crippen LogP contribution in [0.5, 0.6) is 0 Å². The number of ether oxygens (including phenoxy) is 4. The predicted octanol–water partition coefficient (Wildman–Crippen LogP) is 1.28. The maximum Gasteiger partial charge on any atom is 0.329 e. The van der Waals surface area contributed by atoms with E-state index in [-0.39, 0.29) is 62.6 Å². The third-order valence-corrected chi connectivity index (χ3v) is 6.32. The van der Waals surface area contributed by atoms with Crippen molar-refractivity contribution in [2.75, 3.05) is 26.4 Å². The monoisotopic (exact) mass is 646 g/mol. The van der Waals surface area contributed by atoms with Crippen molar-refractivity contribution in [1.29, 1.82) is 0 Å². The molecule has 0 radical (unpaired) electrons. The molecule has 0 aliphatic heterocycles. The summed E-state index contributed by atoms with van der Waals surface area (Å²) in [7, 11) is 0. The van der Waals surface area contributed by atoms with Gasteiger partial charge >= 0.3 is 11.9 Å². The Kier molecular flexibility index (Phi) is 15.5. The maximum atomic E-state index is 12.4. The molecule has 16 nitrogen and oxygen atoms in total. The minimum atomic E-state index is -1.10. The molecule has 0 aliphatic rings. The van der Waals surface area contributed by atoms with Crippen LogP contribution >= 0.6 is 12.6 Å². The first-order valence-electron chi connectivity index (χ1n) is 14.0. The van der Waals surface area contributed by atoms with E-state index in [0.29, 0.717) is 12.8 Å². The summed E-state index contributed by atoms with van der Waals surface area (Å²) < 4.78 is 22.1. The highest BCUT2D eigenvalue weighted by Crippen LogP contribution is 2.23. The molecule has 1 atom stereocenters. The molecule has 0 saturated carbocycles. The van der Waals surface area contributed by atoms with Gasteiger partial charge in [-0.3, -0.25) is 9.59 Å². The van der Waals surface area contributed by atoms with Gasteiger partial charge in [0.15, 0.2) is 11.6 Å². The number of carbonyl (C=O) groups is 4. The average Bonchev–Trinajstić information content (AvgIpc) is 2.88. The van der Waals surface area contributed by atoms with E-state index < -0.39 is 46.9 Å². The van der Waals surface area contributed by atoms with Crippen molar-refractivity contribution >= 4 is 36.4 Å². The summed E-state index contributed by atoms with van der Waals surface area (Å²) in [5, 5.41) is 38.6. The SMILES string of the molecule is CC(C)(CCOC(C)(C)CC(=O)NCc1nnc(CNC(=O)CC(C)(C)OCCC(C)(S)OCC(=O)O)nn1)OCC(=O)O. The quantitative estimate of drug-likeness (QED) is 0.0885. The minimum Gasteiger partial charge on any atom is -0.480 e. The Balaban J connectivity index is 2.39. The first kappa shape index (κ1) is 39.0. The van der Waals surface area contributed by atoms with Gasteiger partial charge in [-0.05, 0) is 54.9 Å². The fraction of sp³-hybridized carbons (Fsp3) is 0.778. The van der Waals surface area contributed by atoms with E-state index in [1.807, 2.05) is 0 Å². The number of carboxylic acids is 2. The van der Waals surface area contributed by atoms with E-state index in [0.717, 1.165) is 0 Å². The van der Waals surface area contributed by atoms with Gasteiger partial charge in [0.2, 0.25) is 11.8 Å². The van der Waals surface area contributed by atoms with Crippen molar-refractivity contribution in [3.63, 3.8) is 0 Å². The number of hydrogen-bond acceptors (Lipinski definition) is 13. The largest absolute Gasteiger partial charge is 0.480 e. The molecule has 0 fully saturated rings. The van der Waals surface area contributed by atoms with Crippen LogP contribution in [-0.4, -0.2) is 103 Å². The van der Waals surface area contributed by atoms with Crippen molar-refractivity contribution < 1.29 is 48.3 Å². The van der Waals surface area contributed by atoms with Crippen LogP contribution in [0.4, 0.5) is 0 Å². The summed E-state index contributed by atoms with van der Waals surface area (Å²) in [5.41, 5.74) is -2.28. The lowest BCUT2D eigenvalue weighted by Crippen LogP contribution is -2.37. The molecule has 17 heteroatoms. The van der Waals surface area contributed by atoms with E-state index in [9.17, 15) is 19.2 Å². The maximum absolute atomic E-state index is 12.4.